The monoisotopic (exact) mass is 627 g/mol. The molecule has 5 N–H and O–H groups in total. The van der Waals surface area contributed by atoms with Crippen molar-refractivity contribution in [3.05, 3.63) is 88.0 Å². The first-order chi connectivity index (χ1) is 22.0. The second-order valence-electron chi connectivity index (χ2n) is 12.4. The van der Waals surface area contributed by atoms with Crippen LogP contribution in [0.1, 0.15) is 46.3 Å². The summed E-state index contributed by atoms with van der Waals surface area (Å²) in [6.07, 6.45) is 3.76. The van der Waals surface area contributed by atoms with Gasteiger partial charge in [-0.1, -0.05) is 48.0 Å². The summed E-state index contributed by atoms with van der Waals surface area (Å²) in [4.78, 5) is 54.2. The molecule has 2 aromatic rings. The van der Waals surface area contributed by atoms with E-state index in [1.165, 1.54) is 4.90 Å². The maximum absolute atomic E-state index is 13.9. The summed E-state index contributed by atoms with van der Waals surface area (Å²) in [7, 11) is -2.14. The second kappa shape index (κ2) is 13.2. The van der Waals surface area contributed by atoms with Gasteiger partial charge in [-0.2, -0.15) is 0 Å². The van der Waals surface area contributed by atoms with Crippen molar-refractivity contribution in [1.29, 1.82) is 0 Å². The number of nitrogens with zero attached hydrogens (tertiary/aromatic N) is 1. The first kappa shape index (κ1) is 31.7. The lowest BCUT2D eigenvalue weighted by Gasteiger charge is -2.28. The normalized spacial score (nSPS) is 22.5. The van der Waals surface area contributed by atoms with Gasteiger partial charge in [0.1, 0.15) is 6.04 Å². The molecule has 0 spiro atoms. The van der Waals surface area contributed by atoms with Crippen molar-refractivity contribution in [2.24, 2.45) is 0 Å². The molecule has 2 saturated heterocycles. The van der Waals surface area contributed by atoms with E-state index in [1.807, 2.05) is 31.2 Å². The van der Waals surface area contributed by atoms with Crippen molar-refractivity contribution in [2.75, 3.05) is 13.2 Å². The summed E-state index contributed by atoms with van der Waals surface area (Å²) in [6.45, 7) is 2.52. The SMILES string of the molecule is Cc1ccc(C[C@@H](CC(=O)O)NC(=O)[C@@H]2CC(NC(=O)c3ccc4c(c3)B(O)OC4)CN2C(=O)C2=CC=C3COB(O)C3C2)cc1. The van der Waals surface area contributed by atoms with Crippen LogP contribution in [-0.2, 0) is 36.7 Å². The van der Waals surface area contributed by atoms with E-state index in [0.717, 1.165) is 22.3 Å². The highest BCUT2D eigenvalue weighted by Gasteiger charge is 2.44. The zero-order chi connectivity index (χ0) is 32.5. The number of amides is 3. The van der Waals surface area contributed by atoms with Gasteiger partial charge in [0.05, 0.1) is 19.6 Å². The van der Waals surface area contributed by atoms with Crippen LogP contribution in [-0.4, -0.2) is 89.3 Å². The molecule has 46 heavy (non-hydrogen) atoms. The number of carboxylic acid groups (broad SMARTS) is 1. The maximum Gasteiger partial charge on any atom is 0.491 e. The van der Waals surface area contributed by atoms with Crippen molar-refractivity contribution in [1.82, 2.24) is 15.5 Å². The summed E-state index contributed by atoms with van der Waals surface area (Å²) in [5, 5.41) is 35.7. The van der Waals surface area contributed by atoms with Gasteiger partial charge in [0.15, 0.2) is 0 Å². The molecule has 238 valence electrons. The lowest BCUT2D eigenvalue weighted by molar-refractivity contribution is -0.139. The summed E-state index contributed by atoms with van der Waals surface area (Å²) in [5.41, 5.74) is 4.81. The van der Waals surface area contributed by atoms with Crippen LogP contribution < -0.4 is 16.1 Å². The Kier molecular flexibility index (Phi) is 9.14. The van der Waals surface area contributed by atoms with Gasteiger partial charge in [-0.3, -0.25) is 19.2 Å². The van der Waals surface area contributed by atoms with Crippen LogP contribution >= 0.6 is 0 Å². The number of carboxylic acids is 1. The van der Waals surface area contributed by atoms with Crippen LogP contribution in [0.4, 0.5) is 0 Å². The van der Waals surface area contributed by atoms with Crippen LogP contribution in [0.2, 0.25) is 5.82 Å². The third kappa shape index (κ3) is 6.80. The fraction of sp³-hybridized carbons (Fsp3) is 0.375. The number of aryl methyl sites for hydroxylation is 1. The minimum Gasteiger partial charge on any atom is -0.481 e. The van der Waals surface area contributed by atoms with Crippen molar-refractivity contribution in [3.63, 3.8) is 0 Å². The largest absolute Gasteiger partial charge is 0.491 e. The molecule has 1 aliphatic carbocycles. The number of likely N-dealkylation sites (tertiary alicyclic amines) is 1. The number of aliphatic carboxylic acids is 1. The lowest BCUT2D eigenvalue weighted by atomic mass is 9.66. The molecule has 2 fully saturated rings. The third-order valence-electron chi connectivity index (χ3n) is 9.10. The van der Waals surface area contributed by atoms with Crippen LogP contribution in [0.5, 0.6) is 0 Å². The van der Waals surface area contributed by atoms with Crippen molar-refractivity contribution in [3.8, 4) is 0 Å². The smallest absolute Gasteiger partial charge is 0.481 e. The molecule has 0 saturated carbocycles. The number of hydrogen-bond donors (Lipinski definition) is 5. The van der Waals surface area contributed by atoms with Crippen molar-refractivity contribution >= 4 is 43.4 Å². The maximum atomic E-state index is 13.9. The number of hydrogen-bond acceptors (Lipinski definition) is 8. The minimum absolute atomic E-state index is 0.0402. The van der Waals surface area contributed by atoms with E-state index in [-0.39, 0.29) is 51.3 Å². The minimum atomic E-state index is -1.11. The highest BCUT2D eigenvalue weighted by Crippen LogP contribution is 2.38. The van der Waals surface area contributed by atoms with Crippen molar-refractivity contribution in [2.45, 2.75) is 63.2 Å². The Balaban J connectivity index is 1.21. The summed E-state index contributed by atoms with van der Waals surface area (Å²) < 4.78 is 10.6. The first-order valence-electron chi connectivity index (χ1n) is 15.4. The summed E-state index contributed by atoms with van der Waals surface area (Å²) in [5.74, 6) is -2.78. The molecule has 14 heteroatoms. The van der Waals surface area contributed by atoms with E-state index in [9.17, 15) is 34.3 Å². The van der Waals surface area contributed by atoms with Gasteiger partial charge in [-0.25, -0.2) is 0 Å². The molecule has 0 radical (unpaired) electrons. The zero-order valence-corrected chi connectivity index (χ0v) is 25.3. The second-order valence-corrected chi connectivity index (χ2v) is 12.4. The highest BCUT2D eigenvalue weighted by atomic mass is 16.5. The molecule has 12 nitrogen and oxygen atoms in total. The van der Waals surface area contributed by atoms with E-state index in [1.54, 1.807) is 30.4 Å². The van der Waals surface area contributed by atoms with Gasteiger partial charge in [-0.15, -0.1) is 0 Å². The zero-order valence-electron chi connectivity index (χ0n) is 25.3. The Morgan fingerprint density at radius 1 is 1.04 bits per heavy atom. The topological polar surface area (TPSA) is 175 Å². The van der Waals surface area contributed by atoms with E-state index in [2.05, 4.69) is 10.6 Å². The molecule has 6 rings (SSSR count). The Bertz CT molecular complexity index is 1610. The van der Waals surface area contributed by atoms with E-state index in [4.69, 9.17) is 9.31 Å². The fourth-order valence-electron chi connectivity index (χ4n) is 6.58. The average Bonchev–Trinajstić information content (AvgIpc) is 3.74. The first-order valence-corrected chi connectivity index (χ1v) is 15.4. The predicted octanol–water partition coefficient (Wildman–Crippen LogP) is 0.252. The van der Waals surface area contributed by atoms with Gasteiger partial charge in [0.25, 0.3) is 11.8 Å². The number of benzene rings is 2. The molecule has 3 aliphatic heterocycles. The molecule has 3 heterocycles. The van der Waals surface area contributed by atoms with Gasteiger partial charge < -0.3 is 40.0 Å². The Labute approximate surface area is 266 Å². The summed E-state index contributed by atoms with van der Waals surface area (Å²) >= 11 is 0. The number of carbonyl (C=O) groups is 4. The fourth-order valence-corrected chi connectivity index (χ4v) is 6.58. The molecular formula is C32H35B2N3O9. The van der Waals surface area contributed by atoms with E-state index >= 15 is 0 Å². The quantitative estimate of drug-likeness (QED) is 0.244. The van der Waals surface area contributed by atoms with E-state index < -0.39 is 56.1 Å². The van der Waals surface area contributed by atoms with Crippen LogP contribution in [0, 0.1) is 6.92 Å². The van der Waals surface area contributed by atoms with Crippen molar-refractivity contribution < 1.29 is 43.6 Å². The Morgan fingerprint density at radius 3 is 2.59 bits per heavy atom. The standard InChI is InChI=1S/C32H35B2N3O9/c1-18-2-4-19(5-3-18)10-24(14-29(38)39)35-31(41)28-13-25(36-30(40)20-6-8-22-16-45-33(43)26(22)11-20)15-37(28)32(42)21-7-9-23-17-46-34(44)27(23)12-21/h2-9,11,24-25,27-28,43-44H,10,12-17H2,1H3,(H,35,41)(H,36,40)(H,38,39)/t24-,25?,27?,28-/m0/s1. The number of allylic oxidation sites excluding steroid dienone is 2. The van der Waals surface area contributed by atoms with Gasteiger partial charge in [0.2, 0.25) is 5.91 Å². The molecular weight excluding hydrogens is 592 g/mol. The summed E-state index contributed by atoms with van der Waals surface area (Å²) in [6, 6.07) is 10.2. The lowest BCUT2D eigenvalue weighted by Crippen LogP contribution is -2.50. The molecule has 0 bridgehead atoms. The van der Waals surface area contributed by atoms with Crippen LogP contribution in [0.25, 0.3) is 0 Å². The number of carbonyl (C=O) groups excluding carboxylic acids is 3. The molecule has 2 aromatic carbocycles. The molecule has 0 aromatic heterocycles. The molecule has 4 atom stereocenters. The molecule has 3 amide bonds. The van der Waals surface area contributed by atoms with Crippen LogP contribution in [0.15, 0.2) is 65.8 Å². The molecule has 4 aliphatic rings. The van der Waals surface area contributed by atoms with Gasteiger partial charge >= 0.3 is 20.2 Å². The highest BCUT2D eigenvalue weighted by molar-refractivity contribution is 6.61. The van der Waals surface area contributed by atoms with Crippen LogP contribution in [0.3, 0.4) is 0 Å². The number of nitrogens with one attached hydrogen (secondary N) is 2. The number of fused-ring (bicyclic) bond motifs is 2. The average molecular weight is 627 g/mol. The predicted molar refractivity (Wildman–Crippen MR) is 168 cm³/mol. The van der Waals surface area contributed by atoms with Gasteiger partial charge in [0, 0.05) is 35.6 Å². The number of rotatable bonds is 9. The Hall–Kier alpha value is -4.23. The Morgan fingerprint density at radius 2 is 1.83 bits per heavy atom. The molecule has 2 unspecified atom stereocenters. The van der Waals surface area contributed by atoms with E-state index in [0.29, 0.717) is 16.6 Å². The van der Waals surface area contributed by atoms with Gasteiger partial charge in [-0.05, 0) is 60.5 Å². The third-order valence-corrected chi connectivity index (χ3v) is 9.10.